The Bertz CT molecular complexity index is 1270. The lowest BCUT2D eigenvalue weighted by molar-refractivity contribution is 0.485. The lowest BCUT2D eigenvalue weighted by Gasteiger charge is -2.19. The van der Waals surface area contributed by atoms with Crippen LogP contribution < -0.4 is 0 Å². The maximum absolute atomic E-state index is 6.53. The zero-order valence-electron chi connectivity index (χ0n) is 17.8. The predicted octanol–water partition coefficient (Wildman–Crippen LogP) is 5.81. The number of nitrogens with zero attached hydrogens (tertiary/aromatic N) is 7. The topological polar surface area (TPSA) is 74.3 Å². The molecule has 3 aromatic heterocycles. The highest BCUT2D eigenvalue weighted by Gasteiger charge is 2.31. The first-order valence-electron chi connectivity index (χ1n) is 11.1. The van der Waals surface area contributed by atoms with Crippen LogP contribution in [0.25, 0.3) is 22.8 Å². The van der Waals surface area contributed by atoms with Gasteiger partial charge in [-0.3, -0.25) is 14.1 Å². The quantitative estimate of drug-likeness (QED) is 0.312. The standard InChI is InChI=1S/C23H22ClN7S2/c24-19-10-4-3-9-18(19)21-27-29-22(30(21)16-7-1-2-8-16)32-13-17-14-33-23-28-26-20(31(17)23)15-6-5-11-25-12-15/h3-6,9-12,16-17H,1-2,7-8,13-14H2. The average molecular weight is 496 g/mol. The van der Waals surface area contributed by atoms with E-state index < -0.39 is 0 Å². The largest absolute Gasteiger partial charge is 0.299 e. The maximum atomic E-state index is 6.53. The van der Waals surface area contributed by atoms with Crippen molar-refractivity contribution in [1.29, 1.82) is 0 Å². The first-order chi connectivity index (χ1) is 16.3. The van der Waals surface area contributed by atoms with Crippen LogP contribution in [0.3, 0.4) is 0 Å². The van der Waals surface area contributed by atoms with Gasteiger partial charge in [-0.05, 0) is 37.1 Å². The van der Waals surface area contributed by atoms with Crippen LogP contribution in [0, 0.1) is 0 Å². The fraction of sp³-hybridized carbons (Fsp3) is 0.348. The van der Waals surface area contributed by atoms with E-state index in [9.17, 15) is 0 Å². The number of rotatable bonds is 6. The third-order valence-corrected chi connectivity index (χ3v) is 8.73. The molecule has 0 amide bonds. The normalized spacial score (nSPS) is 18.2. The summed E-state index contributed by atoms with van der Waals surface area (Å²) in [6.45, 7) is 0. The van der Waals surface area contributed by atoms with Gasteiger partial charge in [0.05, 0.1) is 11.1 Å². The van der Waals surface area contributed by atoms with E-state index in [-0.39, 0.29) is 6.04 Å². The molecule has 4 heterocycles. The molecule has 0 spiro atoms. The van der Waals surface area contributed by atoms with Gasteiger partial charge in [-0.1, -0.05) is 60.1 Å². The Morgan fingerprint density at radius 2 is 1.82 bits per heavy atom. The number of thioether (sulfide) groups is 2. The zero-order chi connectivity index (χ0) is 22.2. The number of pyridine rings is 1. The highest BCUT2D eigenvalue weighted by atomic mass is 35.5. The second-order valence-electron chi connectivity index (χ2n) is 8.29. The van der Waals surface area contributed by atoms with Crippen LogP contribution in [0.4, 0.5) is 0 Å². The number of halogens is 1. The number of fused-ring (bicyclic) bond motifs is 1. The van der Waals surface area contributed by atoms with Crippen molar-refractivity contribution in [3.05, 3.63) is 53.8 Å². The first-order valence-corrected chi connectivity index (χ1v) is 13.4. The van der Waals surface area contributed by atoms with E-state index in [0.717, 1.165) is 57.4 Å². The minimum Gasteiger partial charge on any atom is -0.299 e. The van der Waals surface area contributed by atoms with Gasteiger partial charge < -0.3 is 0 Å². The third-order valence-electron chi connectivity index (χ3n) is 6.23. The number of benzene rings is 1. The Morgan fingerprint density at radius 3 is 2.64 bits per heavy atom. The molecule has 1 fully saturated rings. The molecule has 168 valence electrons. The summed E-state index contributed by atoms with van der Waals surface area (Å²) in [6, 6.07) is 12.6. The van der Waals surface area contributed by atoms with Crippen molar-refractivity contribution in [3.63, 3.8) is 0 Å². The highest BCUT2D eigenvalue weighted by Crippen LogP contribution is 2.41. The lowest BCUT2D eigenvalue weighted by Crippen LogP contribution is -2.13. The van der Waals surface area contributed by atoms with Crippen molar-refractivity contribution in [2.45, 2.75) is 48.1 Å². The highest BCUT2D eigenvalue weighted by molar-refractivity contribution is 8.00. The fourth-order valence-corrected chi connectivity index (χ4v) is 7.16. The van der Waals surface area contributed by atoms with Gasteiger partial charge in [0, 0.05) is 41.1 Å². The third kappa shape index (κ3) is 3.96. The van der Waals surface area contributed by atoms with Gasteiger partial charge in [0.1, 0.15) is 0 Å². The van der Waals surface area contributed by atoms with Gasteiger partial charge in [0.15, 0.2) is 22.0 Å². The number of aromatic nitrogens is 7. The molecule has 1 unspecified atom stereocenters. The molecule has 1 saturated carbocycles. The van der Waals surface area contributed by atoms with E-state index in [1.54, 1.807) is 29.7 Å². The monoisotopic (exact) mass is 495 g/mol. The Balaban J connectivity index is 1.30. The Kier molecular flexibility index (Phi) is 5.85. The summed E-state index contributed by atoms with van der Waals surface area (Å²) in [5.41, 5.74) is 1.94. The van der Waals surface area contributed by atoms with E-state index >= 15 is 0 Å². The van der Waals surface area contributed by atoms with Gasteiger partial charge in [-0.2, -0.15) is 0 Å². The molecule has 0 N–H and O–H groups in total. The second kappa shape index (κ2) is 9.12. The van der Waals surface area contributed by atoms with Crippen molar-refractivity contribution >= 4 is 35.1 Å². The number of hydrogen-bond donors (Lipinski definition) is 0. The van der Waals surface area contributed by atoms with Gasteiger partial charge in [0.2, 0.25) is 0 Å². The van der Waals surface area contributed by atoms with Crippen molar-refractivity contribution in [3.8, 4) is 22.8 Å². The molecule has 33 heavy (non-hydrogen) atoms. The molecular weight excluding hydrogens is 474 g/mol. The average Bonchev–Trinajstić information content (AvgIpc) is 3.63. The molecule has 2 aliphatic rings. The van der Waals surface area contributed by atoms with Crippen LogP contribution >= 0.6 is 35.1 Å². The van der Waals surface area contributed by atoms with Gasteiger partial charge in [-0.25, -0.2) is 0 Å². The molecule has 0 bridgehead atoms. The van der Waals surface area contributed by atoms with Crippen LogP contribution in [0.5, 0.6) is 0 Å². The smallest absolute Gasteiger partial charge is 0.191 e. The summed E-state index contributed by atoms with van der Waals surface area (Å²) in [6.07, 6.45) is 8.42. The molecule has 1 aliphatic carbocycles. The Labute approximate surface area is 205 Å². The molecule has 0 saturated heterocycles. The molecule has 4 aromatic rings. The summed E-state index contributed by atoms with van der Waals surface area (Å²) >= 11 is 10.1. The lowest BCUT2D eigenvalue weighted by atomic mass is 10.2. The summed E-state index contributed by atoms with van der Waals surface area (Å²) in [5.74, 6) is 3.60. The van der Waals surface area contributed by atoms with Crippen molar-refractivity contribution in [1.82, 2.24) is 34.5 Å². The SMILES string of the molecule is Clc1ccccc1-c1nnc(SCC2CSc3nnc(-c4cccnc4)n32)n1C1CCCC1. The molecule has 1 atom stereocenters. The first kappa shape index (κ1) is 21.2. The molecule has 7 nitrogen and oxygen atoms in total. The summed E-state index contributed by atoms with van der Waals surface area (Å²) < 4.78 is 4.58. The molecule has 0 radical (unpaired) electrons. The van der Waals surface area contributed by atoms with E-state index in [4.69, 9.17) is 11.6 Å². The van der Waals surface area contributed by atoms with Gasteiger partial charge >= 0.3 is 0 Å². The van der Waals surface area contributed by atoms with Crippen molar-refractivity contribution in [2.24, 2.45) is 0 Å². The summed E-state index contributed by atoms with van der Waals surface area (Å²) in [4.78, 5) is 4.25. The Hall–Kier alpha value is -2.36. The van der Waals surface area contributed by atoms with Crippen LogP contribution in [-0.4, -0.2) is 46.0 Å². The van der Waals surface area contributed by atoms with Crippen LogP contribution in [0.1, 0.15) is 37.8 Å². The van der Waals surface area contributed by atoms with Crippen LogP contribution in [0.2, 0.25) is 5.02 Å². The van der Waals surface area contributed by atoms with Crippen molar-refractivity contribution < 1.29 is 0 Å². The maximum Gasteiger partial charge on any atom is 0.191 e. The predicted molar refractivity (Wildman–Crippen MR) is 132 cm³/mol. The van der Waals surface area contributed by atoms with E-state index in [2.05, 4.69) is 34.5 Å². The van der Waals surface area contributed by atoms with Gasteiger partial charge in [-0.15, -0.1) is 20.4 Å². The molecule has 1 aliphatic heterocycles. The second-order valence-corrected chi connectivity index (χ2v) is 10.7. The van der Waals surface area contributed by atoms with Crippen LogP contribution in [-0.2, 0) is 0 Å². The summed E-state index contributed by atoms with van der Waals surface area (Å²) in [5, 5.41) is 20.7. The van der Waals surface area contributed by atoms with E-state index in [1.165, 1.54) is 12.8 Å². The van der Waals surface area contributed by atoms with E-state index in [1.807, 2.05) is 42.6 Å². The van der Waals surface area contributed by atoms with Gasteiger partial charge in [0.25, 0.3) is 0 Å². The minimum absolute atomic E-state index is 0.276. The fourth-order valence-electron chi connectivity index (χ4n) is 4.63. The molecule has 6 rings (SSSR count). The number of hydrogen-bond acceptors (Lipinski definition) is 7. The zero-order valence-corrected chi connectivity index (χ0v) is 20.2. The van der Waals surface area contributed by atoms with Crippen molar-refractivity contribution in [2.75, 3.05) is 11.5 Å². The molecular formula is C23H22ClN7S2. The summed E-state index contributed by atoms with van der Waals surface area (Å²) in [7, 11) is 0. The molecule has 1 aromatic carbocycles. The van der Waals surface area contributed by atoms with E-state index in [0.29, 0.717) is 11.1 Å². The molecule has 10 heteroatoms. The minimum atomic E-state index is 0.276. The Morgan fingerprint density at radius 1 is 0.970 bits per heavy atom. The van der Waals surface area contributed by atoms with Crippen LogP contribution in [0.15, 0.2) is 59.1 Å².